The number of hydrogen-bond donors (Lipinski definition) is 1. The average Bonchev–Trinajstić information content (AvgIpc) is 2.64. The van der Waals surface area contributed by atoms with E-state index >= 15 is 0 Å². The molecule has 1 atom stereocenters. The molecule has 0 aromatic heterocycles. The lowest BCUT2D eigenvalue weighted by Crippen LogP contribution is -2.44. The summed E-state index contributed by atoms with van der Waals surface area (Å²) in [5, 5.41) is 3.44. The lowest BCUT2D eigenvalue weighted by molar-refractivity contribution is -0.120. The van der Waals surface area contributed by atoms with E-state index < -0.39 is 10.0 Å². The molecular weight excluding hydrogens is 396 g/mol. The molecule has 2 aromatic carbocycles. The first-order valence-corrected chi connectivity index (χ1v) is 11.3. The maximum absolute atomic E-state index is 12.8. The quantitative estimate of drug-likeness (QED) is 0.790. The highest BCUT2D eigenvalue weighted by Gasteiger charge is 2.32. The molecule has 0 spiro atoms. The molecule has 1 unspecified atom stereocenters. The largest absolute Gasteiger partial charge is 0.326 e. The Morgan fingerprint density at radius 3 is 2.68 bits per heavy atom. The number of carbonyl (C=O) groups is 1. The van der Waals surface area contributed by atoms with Crippen LogP contribution in [-0.4, -0.2) is 31.7 Å². The van der Waals surface area contributed by atoms with E-state index in [0.29, 0.717) is 30.0 Å². The maximum atomic E-state index is 12.8. The SMILES string of the molecule is Cc1ccc(NC(=O)C2CCCN(S(=O)(=O)Cc3cccc(Cl)c3)C2)cc1C. The second kappa shape index (κ2) is 8.64. The summed E-state index contributed by atoms with van der Waals surface area (Å²) in [6, 6.07) is 12.6. The molecule has 0 bridgehead atoms. The van der Waals surface area contributed by atoms with Gasteiger partial charge in [0.2, 0.25) is 15.9 Å². The molecule has 2 aromatic rings. The van der Waals surface area contributed by atoms with Crippen LogP contribution in [0.15, 0.2) is 42.5 Å². The number of halogens is 1. The third kappa shape index (κ3) is 5.13. The van der Waals surface area contributed by atoms with Gasteiger partial charge < -0.3 is 5.32 Å². The predicted octanol–water partition coefficient (Wildman–Crippen LogP) is 4.14. The number of benzene rings is 2. The van der Waals surface area contributed by atoms with E-state index in [1.807, 2.05) is 32.0 Å². The van der Waals surface area contributed by atoms with Gasteiger partial charge in [-0.05, 0) is 67.6 Å². The smallest absolute Gasteiger partial charge is 0.228 e. The number of nitrogens with zero attached hydrogens (tertiary/aromatic N) is 1. The van der Waals surface area contributed by atoms with Crippen LogP contribution in [0.1, 0.15) is 29.5 Å². The summed E-state index contributed by atoms with van der Waals surface area (Å²) >= 11 is 5.96. The molecule has 1 heterocycles. The minimum Gasteiger partial charge on any atom is -0.326 e. The molecule has 1 saturated heterocycles. The van der Waals surface area contributed by atoms with Crippen LogP contribution in [0.5, 0.6) is 0 Å². The summed E-state index contributed by atoms with van der Waals surface area (Å²) in [7, 11) is -3.51. The van der Waals surface area contributed by atoms with E-state index in [9.17, 15) is 13.2 Å². The summed E-state index contributed by atoms with van der Waals surface area (Å²) in [6.45, 7) is 4.66. The van der Waals surface area contributed by atoms with E-state index in [-0.39, 0.29) is 24.1 Å². The second-order valence-corrected chi connectivity index (χ2v) is 9.78. The third-order valence-electron chi connectivity index (χ3n) is 5.16. The van der Waals surface area contributed by atoms with Crippen LogP contribution in [0.25, 0.3) is 0 Å². The standard InChI is InChI=1S/C21H25ClN2O3S/c1-15-8-9-20(11-16(15)2)23-21(25)18-6-4-10-24(13-18)28(26,27)14-17-5-3-7-19(22)12-17/h3,5,7-9,11-12,18H,4,6,10,13-14H2,1-2H3,(H,23,25). The van der Waals surface area contributed by atoms with Crippen molar-refractivity contribution in [2.75, 3.05) is 18.4 Å². The highest BCUT2D eigenvalue weighted by Crippen LogP contribution is 2.24. The number of rotatable bonds is 5. The van der Waals surface area contributed by atoms with Crippen LogP contribution in [-0.2, 0) is 20.6 Å². The monoisotopic (exact) mass is 420 g/mol. The summed E-state index contributed by atoms with van der Waals surface area (Å²) in [5.41, 5.74) is 3.65. The van der Waals surface area contributed by atoms with E-state index in [2.05, 4.69) is 5.32 Å². The van der Waals surface area contributed by atoms with Crippen LogP contribution in [0.3, 0.4) is 0 Å². The number of amides is 1. The van der Waals surface area contributed by atoms with Gasteiger partial charge in [-0.2, -0.15) is 0 Å². The molecule has 1 amide bonds. The maximum Gasteiger partial charge on any atom is 0.228 e. The Balaban J connectivity index is 1.67. The van der Waals surface area contributed by atoms with Gasteiger partial charge in [0.15, 0.2) is 0 Å². The van der Waals surface area contributed by atoms with Crippen molar-refractivity contribution in [1.82, 2.24) is 4.31 Å². The topological polar surface area (TPSA) is 66.5 Å². The number of carbonyl (C=O) groups excluding carboxylic acids is 1. The van der Waals surface area contributed by atoms with Crippen molar-refractivity contribution in [1.29, 1.82) is 0 Å². The molecule has 0 saturated carbocycles. The number of piperidine rings is 1. The summed E-state index contributed by atoms with van der Waals surface area (Å²) in [5.74, 6) is -0.602. The Kier molecular flexibility index (Phi) is 6.43. The summed E-state index contributed by atoms with van der Waals surface area (Å²) in [4.78, 5) is 12.7. The van der Waals surface area contributed by atoms with E-state index in [4.69, 9.17) is 11.6 Å². The minimum atomic E-state index is -3.51. The number of aryl methyl sites for hydroxylation is 2. The molecule has 1 aliphatic heterocycles. The normalized spacial score (nSPS) is 18.0. The van der Waals surface area contributed by atoms with Gasteiger partial charge in [-0.25, -0.2) is 12.7 Å². The number of anilines is 1. The first-order valence-electron chi connectivity index (χ1n) is 9.35. The molecule has 1 N–H and O–H groups in total. The van der Waals surface area contributed by atoms with Gasteiger partial charge in [-0.1, -0.05) is 29.8 Å². The van der Waals surface area contributed by atoms with Gasteiger partial charge in [-0.3, -0.25) is 4.79 Å². The van der Waals surface area contributed by atoms with Crippen molar-refractivity contribution in [3.8, 4) is 0 Å². The van der Waals surface area contributed by atoms with Gasteiger partial charge in [0.1, 0.15) is 0 Å². The molecule has 7 heteroatoms. The number of sulfonamides is 1. The van der Waals surface area contributed by atoms with Crippen molar-refractivity contribution in [2.45, 2.75) is 32.4 Å². The van der Waals surface area contributed by atoms with Crippen molar-refractivity contribution < 1.29 is 13.2 Å². The summed E-state index contributed by atoms with van der Waals surface area (Å²) in [6.07, 6.45) is 1.35. The van der Waals surface area contributed by atoms with Gasteiger partial charge in [0.05, 0.1) is 11.7 Å². The van der Waals surface area contributed by atoms with Crippen molar-refractivity contribution >= 4 is 33.2 Å². The highest BCUT2D eigenvalue weighted by atomic mass is 35.5. The lowest BCUT2D eigenvalue weighted by atomic mass is 9.98. The van der Waals surface area contributed by atoms with Crippen molar-refractivity contribution in [3.05, 3.63) is 64.2 Å². The van der Waals surface area contributed by atoms with Gasteiger partial charge in [-0.15, -0.1) is 0 Å². The van der Waals surface area contributed by atoms with Gasteiger partial charge >= 0.3 is 0 Å². The van der Waals surface area contributed by atoms with Crippen LogP contribution in [0.2, 0.25) is 5.02 Å². The van der Waals surface area contributed by atoms with Crippen molar-refractivity contribution in [2.24, 2.45) is 5.92 Å². The van der Waals surface area contributed by atoms with Crippen LogP contribution >= 0.6 is 11.6 Å². The van der Waals surface area contributed by atoms with Gasteiger partial charge in [0.25, 0.3) is 0 Å². The molecule has 0 aliphatic carbocycles. The molecular formula is C21H25ClN2O3S. The summed E-state index contributed by atoms with van der Waals surface area (Å²) < 4.78 is 27.1. The molecule has 1 fully saturated rings. The molecule has 3 rings (SSSR count). The first kappa shape index (κ1) is 20.8. The molecule has 0 radical (unpaired) electrons. The molecule has 150 valence electrons. The Morgan fingerprint density at radius 2 is 1.96 bits per heavy atom. The molecule has 5 nitrogen and oxygen atoms in total. The number of hydrogen-bond acceptors (Lipinski definition) is 3. The van der Waals surface area contributed by atoms with E-state index in [1.54, 1.807) is 24.3 Å². The minimum absolute atomic E-state index is 0.112. The Morgan fingerprint density at radius 1 is 1.18 bits per heavy atom. The Labute approximate surface area is 171 Å². The van der Waals surface area contributed by atoms with Crippen LogP contribution < -0.4 is 5.32 Å². The third-order valence-corrected chi connectivity index (χ3v) is 7.21. The zero-order valence-corrected chi connectivity index (χ0v) is 17.7. The van der Waals surface area contributed by atoms with Crippen LogP contribution in [0, 0.1) is 19.8 Å². The zero-order chi connectivity index (χ0) is 20.3. The first-order chi connectivity index (χ1) is 13.2. The lowest BCUT2D eigenvalue weighted by Gasteiger charge is -2.31. The van der Waals surface area contributed by atoms with Crippen LogP contribution in [0.4, 0.5) is 5.69 Å². The van der Waals surface area contributed by atoms with Crippen molar-refractivity contribution in [3.63, 3.8) is 0 Å². The fourth-order valence-corrected chi connectivity index (χ4v) is 5.21. The second-order valence-electron chi connectivity index (χ2n) is 7.37. The molecule has 1 aliphatic rings. The number of nitrogens with one attached hydrogen (secondary N) is 1. The average molecular weight is 421 g/mol. The fourth-order valence-electron chi connectivity index (χ4n) is 3.40. The molecule has 28 heavy (non-hydrogen) atoms. The van der Waals surface area contributed by atoms with E-state index in [1.165, 1.54) is 4.31 Å². The van der Waals surface area contributed by atoms with Gasteiger partial charge in [0, 0.05) is 23.8 Å². The zero-order valence-electron chi connectivity index (χ0n) is 16.1. The predicted molar refractivity (Wildman–Crippen MR) is 113 cm³/mol. The Bertz CT molecular complexity index is 975. The fraction of sp³-hybridized carbons (Fsp3) is 0.381. The highest BCUT2D eigenvalue weighted by molar-refractivity contribution is 7.88. The van der Waals surface area contributed by atoms with E-state index in [0.717, 1.165) is 16.8 Å². The Hall–Kier alpha value is -1.89.